The summed E-state index contributed by atoms with van der Waals surface area (Å²) < 4.78 is 0. The van der Waals surface area contributed by atoms with Crippen molar-refractivity contribution in [3.8, 4) is 0 Å². The smallest absolute Gasteiger partial charge is 0.0524 e. The highest BCUT2D eigenvalue weighted by Crippen LogP contribution is 2.33. The zero-order chi connectivity index (χ0) is 13.7. The number of aliphatic hydroxyl groups excluding tert-OH is 1. The predicted octanol–water partition coefficient (Wildman–Crippen LogP) is 2.09. The third kappa shape index (κ3) is 5.25. The summed E-state index contributed by atoms with van der Waals surface area (Å²) in [4.78, 5) is 2.33. The van der Waals surface area contributed by atoms with Gasteiger partial charge in [-0.15, -0.1) is 0 Å². The van der Waals surface area contributed by atoms with Crippen molar-refractivity contribution in [1.82, 2.24) is 4.90 Å². The summed E-state index contributed by atoms with van der Waals surface area (Å²) in [5.74, 6) is 2.26. The Morgan fingerprint density at radius 2 is 1.94 bits per heavy atom. The quantitative estimate of drug-likeness (QED) is 0.765. The monoisotopic (exact) mass is 256 g/mol. The summed E-state index contributed by atoms with van der Waals surface area (Å²) in [7, 11) is 2.15. The minimum atomic E-state index is -0.198. The van der Waals surface area contributed by atoms with Crippen LogP contribution in [0.1, 0.15) is 46.5 Å². The molecule has 0 saturated heterocycles. The number of hydrogen-bond acceptors (Lipinski definition) is 3. The van der Waals surface area contributed by atoms with Crippen molar-refractivity contribution in [2.75, 3.05) is 20.1 Å². The molecule has 0 radical (unpaired) electrons. The van der Waals surface area contributed by atoms with Gasteiger partial charge in [0.2, 0.25) is 0 Å². The van der Waals surface area contributed by atoms with E-state index in [2.05, 4.69) is 25.8 Å². The van der Waals surface area contributed by atoms with Crippen LogP contribution in [0.5, 0.6) is 0 Å². The Kier molecular flexibility index (Phi) is 6.61. The van der Waals surface area contributed by atoms with Crippen molar-refractivity contribution < 1.29 is 5.11 Å². The Hall–Kier alpha value is -0.120. The molecule has 3 nitrogen and oxygen atoms in total. The summed E-state index contributed by atoms with van der Waals surface area (Å²) in [6.07, 6.45) is 4.41. The van der Waals surface area contributed by atoms with Gasteiger partial charge < -0.3 is 15.7 Å². The largest absolute Gasteiger partial charge is 0.393 e. The molecule has 108 valence electrons. The van der Waals surface area contributed by atoms with E-state index >= 15 is 0 Å². The van der Waals surface area contributed by atoms with E-state index in [4.69, 9.17) is 5.73 Å². The van der Waals surface area contributed by atoms with Gasteiger partial charge in [-0.2, -0.15) is 0 Å². The van der Waals surface area contributed by atoms with Gasteiger partial charge in [0.1, 0.15) is 0 Å². The van der Waals surface area contributed by atoms with E-state index in [-0.39, 0.29) is 6.10 Å². The zero-order valence-electron chi connectivity index (χ0n) is 12.6. The highest BCUT2D eigenvalue weighted by Gasteiger charge is 2.30. The van der Waals surface area contributed by atoms with Crippen LogP contribution in [-0.4, -0.2) is 42.3 Å². The Balaban J connectivity index is 2.38. The predicted molar refractivity (Wildman–Crippen MR) is 77.4 cm³/mol. The molecular formula is C15H32N2O. The van der Waals surface area contributed by atoms with Crippen LogP contribution in [0.4, 0.5) is 0 Å². The minimum absolute atomic E-state index is 0.198. The van der Waals surface area contributed by atoms with Crippen molar-refractivity contribution >= 4 is 0 Å². The molecule has 0 bridgehead atoms. The molecule has 4 unspecified atom stereocenters. The van der Waals surface area contributed by atoms with Crippen LogP contribution in [0.2, 0.25) is 0 Å². The Labute approximate surface area is 113 Å². The first-order chi connectivity index (χ1) is 8.40. The maximum absolute atomic E-state index is 9.32. The molecule has 0 spiro atoms. The molecule has 1 fully saturated rings. The van der Waals surface area contributed by atoms with Crippen LogP contribution in [0.15, 0.2) is 0 Å². The molecule has 1 saturated carbocycles. The van der Waals surface area contributed by atoms with Gasteiger partial charge in [0, 0.05) is 19.1 Å². The van der Waals surface area contributed by atoms with Crippen LogP contribution in [-0.2, 0) is 0 Å². The van der Waals surface area contributed by atoms with E-state index in [1.807, 2.05) is 6.92 Å². The van der Waals surface area contributed by atoms with Crippen molar-refractivity contribution in [3.05, 3.63) is 0 Å². The van der Waals surface area contributed by atoms with Crippen LogP contribution in [0.25, 0.3) is 0 Å². The first-order valence-electron chi connectivity index (χ1n) is 7.52. The minimum Gasteiger partial charge on any atom is -0.393 e. The molecule has 0 amide bonds. The molecule has 1 rings (SSSR count). The maximum Gasteiger partial charge on any atom is 0.0524 e. The molecule has 0 aromatic heterocycles. The fourth-order valence-electron chi connectivity index (χ4n) is 3.04. The molecule has 1 aliphatic carbocycles. The second kappa shape index (κ2) is 7.46. The fraction of sp³-hybridized carbons (Fsp3) is 1.00. The van der Waals surface area contributed by atoms with E-state index < -0.39 is 0 Å². The zero-order valence-corrected chi connectivity index (χ0v) is 12.6. The van der Waals surface area contributed by atoms with Crippen molar-refractivity contribution in [2.45, 2.75) is 58.6 Å². The van der Waals surface area contributed by atoms with Gasteiger partial charge in [-0.25, -0.2) is 0 Å². The number of hydrogen-bond donors (Lipinski definition) is 2. The normalized spacial score (nSPS) is 31.0. The van der Waals surface area contributed by atoms with Gasteiger partial charge in [-0.3, -0.25) is 0 Å². The summed E-state index contributed by atoms with van der Waals surface area (Å²) in [5.41, 5.74) is 6.27. The Bertz CT molecular complexity index is 231. The van der Waals surface area contributed by atoms with E-state index in [1.165, 1.54) is 19.3 Å². The fourth-order valence-corrected chi connectivity index (χ4v) is 3.04. The van der Waals surface area contributed by atoms with Gasteiger partial charge in [0.25, 0.3) is 0 Å². The van der Waals surface area contributed by atoms with Crippen molar-refractivity contribution in [3.63, 3.8) is 0 Å². The standard InChI is InChI=1S/C15H32N2O/c1-11(2)13-5-6-15(16)14(9-13)10-17(4)8-7-12(3)18/h11-15,18H,5-10,16H2,1-4H3. The maximum atomic E-state index is 9.32. The van der Waals surface area contributed by atoms with Crippen LogP contribution in [0, 0.1) is 17.8 Å². The summed E-state index contributed by atoms with van der Waals surface area (Å²) in [6, 6.07) is 0.369. The molecular weight excluding hydrogens is 224 g/mol. The average Bonchev–Trinajstić information content (AvgIpc) is 2.29. The lowest BCUT2D eigenvalue weighted by molar-refractivity contribution is 0.129. The van der Waals surface area contributed by atoms with Gasteiger partial charge in [0.05, 0.1) is 6.10 Å². The second-order valence-corrected chi connectivity index (χ2v) is 6.64. The highest BCUT2D eigenvalue weighted by molar-refractivity contribution is 4.85. The van der Waals surface area contributed by atoms with Gasteiger partial charge in [-0.1, -0.05) is 13.8 Å². The van der Waals surface area contributed by atoms with Crippen LogP contribution >= 0.6 is 0 Å². The lowest BCUT2D eigenvalue weighted by Gasteiger charge is -2.38. The van der Waals surface area contributed by atoms with Crippen LogP contribution in [0.3, 0.4) is 0 Å². The second-order valence-electron chi connectivity index (χ2n) is 6.64. The van der Waals surface area contributed by atoms with Gasteiger partial charge in [0.15, 0.2) is 0 Å². The SMILES string of the molecule is CC(O)CCN(C)CC1CC(C(C)C)CCC1N. The number of aliphatic hydroxyl groups is 1. The number of nitrogens with zero attached hydrogens (tertiary/aromatic N) is 1. The molecule has 3 N–H and O–H groups in total. The first kappa shape index (κ1) is 15.9. The topological polar surface area (TPSA) is 49.5 Å². The Morgan fingerprint density at radius 1 is 1.28 bits per heavy atom. The van der Waals surface area contributed by atoms with Crippen molar-refractivity contribution in [1.29, 1.82) is 0 Å². The summed E-state index contributed by atoms with van der Waals surface area (Å²) in [5, 5.41) is 9.32. The third-order valence-electron chi connectivity index (χ3n) is 4.50. The molecule has 0 aliphatic heterocycles. The molecule has 18 heavy (non-hydrogen) atoms. The van der Waals surface area contributed by atoms with E-state index in [9.17, 15) is 5.11 Å². The number of rotatable bonds is 6. The lowest BCUT2D eigenvalue weighted by atomic mass is 9.74. The van der Waals surface area contributed by atoms with Crippen LogP contribution < -0.4 is 5.73 Å². The van der Waals surface area contributed by atoms with Crippen molar-refractivity contribution in [2.24, 2.45) is 23.5 Å². The molecule has 0 heterocycles. The van der Waals surface area contributed by atoms with Gasteiger partial charge in [-0.05, 0) is 57.4 Å². The van der Waals surface area contributed by atoms with Gasteiger partial charge >= 0.3 is 0 Å². The molecule has 0 aromatic rings. The Morgan fingerprint density at radius 3 is 2.50 bits per heavy atom. The van der Waals surface area contributed by atoms with E-state index in [0.29, 0.717) is 12.0 Å². The molecule has 3 heteroatoms. The van der Waals surface area contributed by atoms with E-state index in [1.54, 1.807) is 0 Å². The molecule has 4 atom stereocenters. The summed E-state index contributed by atoms with van der Waals surface area (Å²) in [6.45, 7) is 8.56. The highest BCUT2D eigenvalue weighted by atomic mass is 16.3. The molecule has 0 aromatic carbocycles. The summed E-state index contributed by atoms with van der Waals surface area (Å²) >= 11 is 0. The molecule has 1 aliphatic rings. The number of nitrogens with two attached hydrogens (primary N) is 1. The van der Waals surface area contributed by atoms with E-state index in [0.717, 1.165) is 31.3 Å². The first-order valence-corrected chi connectivity index (χ1v) is 7.52. The average molecular weight is 256 g/mol. The third-order valence-corrected chi connectivity index (χ3v) is 4.50. The lowest BCUT2D eigenvalue weighted by Crippen LogP contribution is -2.43.